The average molecular weight is 344 g/mol. The van der Waals surface area contributed by atoms with Gasteiger partial charge in [-0.2, -0.15) is 0 Å². The van der Waals surface area contributed by atoms with E-state index in [-0.39, 0.29) is 11.8 Å². The summed E-state index contributed by atoms with van der Waals surface area (Å²) in [6.45, 7) is 8.25. The third-order valence-electron chi connectivity index (χ3n) is 5.06. The number of aromatic nitrogens is 2. The number of likely N-dealkylation sites (tertiary alicyclic amines) is 1. The number of nitrogens with zero attached hydrogens (tertiary/aromatic N) is 2. The minimum absolute atomic E-state index is 0.0952. The Morgan fingerprint density at radius 3 is 3.00 bits per heavy atom. The van der Waals surface area contributed by atoms with Gasteiger partial charge in [0.1, 0.15) is 5.82 Å². The van der Waals surface area contributed by atoms with E-state index in [2.05, 4.69) is 46.2 Å². The molecule has 2 heterocycles. The summed E-state index contributed by atoms with van der Waals surface area (Å²) in [5.41, 5.74) is 4.57. The zero-order valence-corrected chi connectivity index (χ0v) is 15.4. The van der Waals surface area contributed by atoms with Crippen molar-refractivity contribution in [3.63, 3.8) is 0 Å². The number of rotatable bonds is 7. The minimum Gasteiger partial charge on any atom is -0.383 e. The van der Waals surface area contributed by atoms with Crippen LogP contribution in [-0.4, -0.2) is 60.7 Å². The minimum atomic E-state index is 0.0952. The van der Waals surface area contributed by atoms with Crippen LogP contribution in [-0.2, 0) is 16.0 Å². The van der Waals surface area contributed by atoms with Gasteiger partial charge >= 0.3 is 0 Å². The molecule has 1 saturated heterocycles. The molecule has 1 aromatic heterocycles. The Hall–Kier alpha value is -1.92. The summed E-state index contributed by atoms with van der Waals surface area (Å²) in [5.74, 6) is 1.17. The molecule has 0 unspecified atom stereocenters. The van der Waals surface area contributed by atoms with E-state index in [1.54, 1.807) is 7.11 Å². The first-order valence-corrected chi connectivity index (χ1v) is 9.01. The summed E-state index contributed by atoms with van der Waals surface area (Å²) in [5, 5.41) is 3.06. The van der Waals surface area contributed by atoms with Crippen molar-refractivity contribution in [2.45, 2.75) is 26.7 Å². The predicted octanol–water partition coefficient (Wildman–Crippen LogP) is 1.81. The number of carbonyl (C=O) groups is 1. The number of aryl methyl sites for hydroxylation is 2. The van der Waals surface area contributed by atoms with Gasteiger partial charge in [-0.15, -0.1) is 0 Å². The molecule has 0 aliphatic carbocycles. The summed E-state index contributed by atoms with van der Waals surface area (Å²) >= 11 is 0. The van der Waals surface area contributed by atoms with Crippen LogP contribution in [0.3, 0.4) is 0 Å². The van der Waals surface area contributed by atoms with E-state index in [0.29, 0.717) is 6.54 Å². The van der Waals surface area contributed by atoms with Crippen LogP contribution < -0.4 is 5.32 Å². The predicted molar refractivity (Wildman–Crippen MR) is 98.7 cm³/mol. The molecule has 1 aromatic carbocycles. The second-order valence-electron chi connectivity index (χ2n) is 6.96. The number of imidazole rings is 1. The van der Waals surface area contributed by atoms with E-state index in [1.807, 2.05) is 0 Å². The van der Waals surface area contributed by atoms with Crippen molar-refractivity contribution in [3.8, 4) is 0 Å². The molecule has 2 N–H and O–H groups in total. The number of amides is 1. The first-order chi connectivity index (χ1) is 12.1. The largest absolute Gasteiger partial charge is 0.383 e. The molecule has 2 aromatic rings. The zero-order chi connectivity index (χ0) is 17.8. The lowest BCUT2D eigenvalue weighted by Crippen LogP contribution is -2.34. The fraction of sp³-hybridized carbons (Fsp3) is 0.579. The average Bonchev–Trinajstić information content (AvgIpc) is 3.20. The van der Waals surface area contributed by atoms with Crippen molar-refractivity contribution >= 4 is 16.9 Å². The van der Waals surface area contributed by atoms with E-state index in [0.717, 1.165) is 55.9 Å². The van der Waals surface area contributed by atoms with Crippen LogP contribution in [0.5, 0.6) is 0 Å². The number of ether oxygens (including phenoxy) is 1. The van der Waals surface area contributed by atoms with Gasteiger partial charge in [-0.1, -0.05) is 0 Å². The highest BCUT2D eigenvalue weighted by Crippen LogP contribution is 2.18. The van der Waals surface area contributed by atoms with Gasteiger partial charge in [-0.25, -0.2) is 4.98 Å². The highest BCUT2D eigenvalue weighted by molar-refractivity contribution is 5.79. The molecular weight excluding hydrogens is 316 g/mol. The Morgan fingerprint density at radius 1 is 1.40 bits per heavy atom. The van der Waals surface area contributed by atoms with Gasteiger partial charge in [0, 0.05) is 33.2 Å². The summed E-state index contributed by atoms with van der Waals surface area (Å²) in [7, 11) is 1.71. The molecule has 0 bridgehead atoms. The quantitative estimate of drug-likeness (QED) is 0.804. The molecule has 1 amide bonds. The molecule has 25 heavy (non-hydrogen) atoms. The maximum atomic E-state index is 12.3. The summed E-state index contributed by atoms with van der Waals surface area (Å²) < 4.78 is 5.10. The highest BCUT2D eigenvalue weighted by Gasteiger charge is 2.27. The van der Waals surface area contributed by atoms with Gasteiger partial charge < -0.3 is 19.9 Å². The van der Waals surface area contributed by atoms with Crippen molar-refractivity contribution in [1.29, 1.82) is 0 Å². The zero-order valence-electron chi connectivity index (χ0n) is 15.4. The van der Waals surface area contributed by atoms with Crippen LogP contribution in [0, 0.1) is 19.8 Å². The van der Waals surface area contributed by atoms with E-state index >= 15 is 0 Å². The van der Waals surface area contributed by atoms with Gasteiger partial charge in [0.2, 0.25) is 5.91 Å². The number of methoxy groups -OCH3 is 1. The molecule has 0 radical (unpaired) electrons. The molecule has 6 heteroatoms. The van der Waals surface area contributed by atoms with Crippen molar-refractivity contribution < 1.29 is 9.53 Å². The fourth-order valence-electron chi connectivity index (χ4n) is 3.36. The number of H-pyrrole nitrogens is 1. The van der Waals surface area contributed by atoms with Gasteiger partial charge in [-0.3, -0.25) is 4.79 Å². The lowest BCUT2D eigenvalue weighted by molar-refractivity contribution is -0.124. The van der Waals surface area contributed by atoms with Crippen molar-refractivity contribution in [3.05, 3.63) is 29.1 Å². The molecular formula is C19H28N4O2. The summed E-state index contributed by atoms with van der Waals surface area (Å²) in [4.78, 5) is 22.6. The number of fused-ring (bicyclic) bond motifs is 1. The number of benzene rings is 1. The topological polar surface area (TPSA) is 70.2 Å². The molecule has 3 rings (SSSR count). The van der Waals surface area contributed by atoms with Gasteiger partial charge in [0.25, 0.3) is 0 Å². The van der Waals surface area contributed by atoms with Gasteiger partial charge in [0.15, 0.2) is 0 Å². The number of aromatic amines is 1. The van der Waals surface area contributed by atoms with Crippen molar-refractivity contribution in [2.75, 3.05) is 39.9 Å². The van der Waals surface area contributed by atoms with Crippen LogP contribution >= 0.6 is 0 Å². The maximum absolute atomic E-state index is 12.3. The molecule has 1 atom stereocenters. The van der Waals surface area contributed by atoms with Crippen molar-refractivity contribution in [1.82, 2.24) is 20.2 Å². The third-order valence-corrected chi connectivity index (χ3v) is 5.06. The Kier molecular flexibility index (Phi) is 5.71. The molecule has 1 fully saturated rings. The standard InChI is InChI=1S/C19H28N4O2/c1-13-10-16-17(11-14(13)2)22-18(21-16)4-6-20-19(24)15-5-7-23(12-15)8-9-25-3/h10-11,15H,4-9,12H2,1-3H3,(H,20,24)(H,21,22)/t15-/m0/s1. The molecule has 1 aliphatic rings. The number of hydrogen-bond donors (Lipinski definition) is 2. The van der Waals surface area contributed by atoms with Gasteiger partial charge in [0.05, 0.1) is 23.6 Å². The van der Waals surface area contributed by atoms with Crippen LogP contribution in [0.2, 0.25) is 0 Å². The Bertz CT molecular complexity index is 701. The van der Waals surface area contributed by atoms with Crippen LogP contribution in [0.15, 0.2) is 12.1 Å². The monoisotopic (exact) mass is 344 g/mol. The Labute approximate surface area is 149 Å². The highest BCUT2D eigenvalue weighted by atomic mass is 16.5. The van der Waals surface area contributed by atoms with E-state index in [4.69, 9.17) is 4.74 Å². The Balaban J connectivity index is 1.47. The molecule has 0 spiro atoms. The Morgan fingerprint density at radius 2 is 2.20 bits per heavy atom. The van der Waals surface area contributed by atoms with E-state index in [9.17, 15) is 4.79 Å². The SMILES string of the molecule is COCCN1CC[C@H](C(=O)NCCc2nc3cc(C)c(C)cc3[nH]2)C1. The lowest BCUT2D eigenvalue weighted by atomic mass is 10.1. The van der Waals surface area contributed by atoms with Crippen LogP contribution in [0.25, 0.3) is 11.0 Å². The molecule has 0 saturated carbocycles. The number of carbonyl (C=O) groups excluding carboxylic acids is 1. The maximum Gasteiger partial charge on any atom is 0.224 e. The van der Waals surface area contributed by atoms with Crippen molar-refractivity contribution in [2.24, 2.45) is 5.92 Å². The van der Waals surface area contributed by atoms with Crippen LogP contribution in [0.4, 0.5) is 0 Å². The summed E-state index contributed by atoms with van der Waals surface area (Å²) in [6.07, 6.45) is 1.65. The van der Waals surface area contributed by atoms with E-state index < -0.39 is 0 Å². The first kappa shape index (κ1) is 17.9. The fourth-order valence-corrected chi connectivity index (χ4v) is 3.36. The van der Waals surface area contributed by atoms with E-state index in [1.165, 1.54) is 11.1 Å². The molecule has 1 aliphatic heterocycles. The molecule has 6 nitrogen and oxygen atoms in total. The van der Waals surface area contributed by atoms with Crippen LogP contribution in [0.1, 0.15) is 23.4 Å². The summed E-state index contributed by atoms with van der Waals surface area (Å²) in [6, 6.07) is 4.24. The smallest absolute Gasteiger partial charge is 0.224 e. The second kappa shape index (κ2) is 7.97. The van der Waals surface area contributed by atoms with Gasteiger partial charge in [-0.05, 0) is 50.1 Å². The first-order valence-electron chi connectivity index (χ1n) is 9.01. The molecule has 136 valence electrons. The normalized spacial score (nSPS) is 18.1. The lowest BCUT2D eigenvalue weighted by Gasteiger charge is -2.15. The number of hydrogen-bond acceptors (Lipinski definition) is 4. The number of nitrogens with one attached hydrogen (secondary N) is 2. The second-order valence-corrected chi connectivity index (χ2v) is 6.96. The third kappa shape index (κ3) is 4.38.